The number of hydrogen-bond acceptors (Lipinski definition) is 13. The number of aromatic amines is 1. The van der Waals surface area contributed by atoms with Gasteiger partial charge in [-0.15, -0.1) is 0 Å². The zero-order chi connectivity index (χ0) is 42.4. The van der Waals surface area contributed by atoms with Gasteiger partial charge in [0.25, 0.3) is 0 Å². The van der Waals surface area contributed by atoms with Gasteiger partial charge in [0.2, 0.25) is 35.4 Å². The zero-order valence-electron chi connectivity index (χ0n) is 30.4. The predicted molar refractivity (Wildman–Crippen MR) is 193 cm³/mol. The number of unbranched alkanes of at least 4 members (excludes halogenated alkanes) is 1. The Labute approximate surface area is 319 Å². The lowest BCUT2D eigenvalue weighted by molar-refractivity contribution is -0.144. The number of aromatic nitrogens is 2. The minimum absolute atomic E-state index is 0.0267. The molecule has 312 valence electrons. The third-order valence-corrected chi connectivity index (χ3v) is 7.81. The highest BCUT2D eigenvalue weighted by atomic mass is 16.4. The number of guanidine groups is 1. The van der Waals surface area contributed by atoms with Crippen LogP contribution in [0.3, 0.4) is 0 Å². The average Bonchev–Trinajstić information content (AvgIpc) is 3.62. The molecule has 0 saturated carbocycles. The lowest BCUT2D eigenvalue weighted by Gasteiger charge is -2.26. The molecule has 0 aliphatic carbocycles. The van der Waals surface area contributed by atoms with E-state index in [1.54, 1.807) is 0 Å². The van der Waals surface area contributed by atoms with Gasteiger partial charge in [0.1, 0.15) is 30.2 Å². The molecule has 19 N–H and O–H groups in total. The Bertz CT molecular complexity index is 1550. The molecule has 0 bridgehead atoms. The standard InChI is InChI=1S/C31H51N13O12/c32-8-2-1-4-16(33)25(50)40-17(5-3-9-38-31(35)36)26(51)42-19(10-15-13-37-14-39-15)28(53)41-18(6-7-23(46)47)27(52)43-20(12-24(48)49)29(54)44-21(30(55)56)11-22(34)45/h13-14,16-21H,1-12,32-33H2,(H2,34,45)(H,37,39)(H,40,50)(H,41,53)(H,42,51)(H,43,52)(H,44,54)(H,46,47)(H,48,49)(H,55,56)(H4,35,36,38)/t16-,17-,18-,19-,20-,21-/m0/s1. The Morgan fingerprint density at radius 2 is 1.23 bits per heavy atom. The van der Waals surface area contributed by atoms with Crippen molar-refractivity contribution in [1.29, 1.82) is 0 Å². The van der Waals surface area contributed by atoms with E-state index >= 15 is 0 Å². The molecule has 6 amide bonds. The summed E-state index contributed by atoms with van der Waals surface area (Å²) in [5.74, 6) is -11.3. The molecule has 0 fully saturated rings. The lowest BCUT2D eigenvalue weighted by atomic mass is 10.0. The molecule has 56 heavy (non-hydrogen) atoms. The molecule has 0 saturated heterocycles. The first kappa shape index (κ1) is 47.7. The first-order valence-corrected chi connectivity index (χ1v) is 17.3. The summed E-state index contributed by atoms with van der Waals surface area (Å²) >= 11 is 0. The van der Waals surface area contributed by atoms with Crippen LogP contribution in [0.4, 0.5) is 0 Å². The van der Waals surface area contributed by atoms with Gasteiger partial charge >= 0.3 is 17.9 Å². The largest absolute Gasteiger partial charge is 0.481 e. The molecule has 1 aromatic heterocycles. The molecule has 0 unspecified atom stereocenters. The van der Waals surface area contributed by atoms with Crippen molar-refractivity contribution in [2.45, 2.75) is 100 Å². The van der Waals surface area contributed by atoms with E-state index in [4.69, 9.17) is 28.7 Å². The number of carbonyl (C=O) groups excluding carboxylic acids is 6. The Balaban J connectivity index is 3.39. The van der Waals surface area contributed by atoms with Crippen molar-refractivity contribution in [1.82, 2.24) is 36.6 Å². The number of amides is 6. The number of primary amides is 1. The number of imidazole rings is 1. The number of nitrogens with zero attached hydrogens (tertiary/aromatic N) is 2. The van der Waals surface area contributed by atoms with Crippen LogP contribution in [0.1, 0.15) is 63.5 Å². The predicted octanol–water partition coefficient (Wildman–Crippen LogP) is -5.81. The number of hydrogen-bond donors (Lipinski definition) is 14. The number of nitrogens with one attached hydrogen (secondary N) is 6. The molecule has 1 heterocycles. The topological polar surface area (TPSA) is 446 Å². The highest BCUT2D eigenvalue weighted by molar-refractivity contribution is 5.97. The Morgan fingerprint density at radius 3 is 1.77 bits per heavy atom. The van der Waals surface area contributed by atoms with Crippen LogP contribution >= 0.6 is 0 Å². The minimum atomic E-state index is -1.98. The van der Waals surface area contributed by atoms with Gasteiger partial charge in [0.15, 0.2) is 5.96 Å². The number of aliphatic carboxylic acids is 3. The molecular weight excluding hydrogens is 746 g/mol. The van der Waals surface area contributed by atoms with Gasteiger partial charge in [-0.1, -0.05) is 6.42 Å². The van der Waals surface area contributed by atoms with Crippen LogP contribution < -0.4 is 55.3 Å². The maximum Gasteiger partial charge on any atom is 0.326 e. The number of rotatable bonds is 28. The summed E-state index contributed by atoms with van der Waals surface area (Å²) in [5.41, 5.74) is 27.6. The van der Waals surface area contributed by atoms with Crippen LogP contribution in [0.15, 0.2) is 17.5 Å². The first-order valence-electron chi connectivity index (χ1n) is 17.3. The SMILES string of the molecule is NCCCC[C@H](N)C(=O)N[C@@H](CCCN=C(N)N)C(=O)N[C@@H](Cc1cnc[nH]1)C(=O)N[C@@H](CCC(=O)O)C(=O)N[C@@H](CC(=O)O)C(=O)N[C@@H](CC(N)=O)C(=O)O. The van der Waals surface area contributed by atoms with Crippen molar-refractivity contribution in [3.05, 3.63) is 18.2 Å². The molecule has 0 spiro atoms. The molecular formula is C31H51N13O12. The van der Waals surface area contributed by atoms with Gasteiger partial charge in [-0.25, -0.2) is 9.78 Å². The Kier molecular flexibility index (Phi) is 21.1. The number of aliphatic imine (C=N–C) groups is 1. The van der Waals surface area contributed by atoms with Gasteiger partial charge in [-0.05, 0) is 38.6 Å². The summed E-state index contributed by atoms with van der Waals surface area (Å²) in [6.07, 6.45) is 0.582. The average molecular weight is 798 g/mol. The Hall–Kier alpha value is -6.37. The quantitative estimate of drug-likeness (QED) is 0.0213. The molecule has 25 heteroatoms. The van der Waals surface area contributed by atoms with E-state index in [9.17, 15) is 58.5 Å². The van der Waals surface area contributed by atoms with Crippen LogP contribution in [0.5, 0.6) is 0 Å². The van der Waals surface area contributed by atoms with E-state index in [1.165, 1.54) is 12.5 Å². The summed E-state index contributed by atoms with van der Waals surface area (Å²) in [7, 11) is 0. The number of carboxylic acids is 3. The van der Waals surface area contributed by atoms with E-state index in [-0.39, 0.29) is 38.2 Å². The fraction of sp³-hybridized carbons (Fsp3) is 0.581. The molecule has 1 aromatic rings. The highest BCUT2D eigenvalue weighted by Gasteiger charge is 2.34. The van der Waals surface area contributed by atoms with Crippen molar-refractivity contribution >= 4 is 59.3 Å². The van der Waals surface area contributed by atoms with Gasteiger partial charge in [-0.3, -0.25) is 43.3 Å². The molecule has 6 atom stereocenters. The van der Waals surface area contributed by atoms with E-state index in [0.29, 0.717) is 25.1 Å². The van der Waals surface area contributed by atoms with Crippen LogP contribution in [-0.4, -0.2) is 134 Å². The number of nitrogens with two attached hydrogens (primary N) is 5. The van der Waals surface area contributed by atoms with Crippen molar-refractivity contribution in [2.75, 3.05) is 13.1 Å². The second-order valence-corrected chi connectivity index (χ2v) is 12.5. The molecule has 0 aromatic carbocycles. The first-order chi connectivity index (χ1) is 26.3. The van der Waals surface area contributed by atoms with Crippen LogP contribution in [-0.2, 0) is 49.6 Å². The van der Waals surface area contributed by atoms with Crippen LogP contribution in [0.25, 0.3) is 0 Å². The summed E-state index contributed by atoms with van der Waals surface area (Å²) in [6.45, 7) is 0.457. The highest BCUT2D eigenvalue weighted by Crippen LogP contribution is 2.08. The molecule has 0 aliphatic heterocycles. The monoisotopic (exact) mass is 797 g/mol. The third kappa shape index (κ3) is 19.1. The van der Waals surface area contributed by atoms with Crippen molar-refractivity contribution in [3.63, 3.8) is 0 Å². The van der Waals surface area contributed by atoms with Crippen LogP contribution in [0.2, 0.25) is 0 Å². The smallest absolute Gasteiger partial charge is 0.326 e. The lowest BCUT2D eigenvalue weighted by Crippen LogP contribution is -2.60. The van der Waals surface area contributed by atoms with Gasteiger partial charge in [0, 0.05) is 31.3 Å². The van der Waals surface area contributed by atoms with Gasteiger partial charge in [0.05, 0.1) is 25.2 Å². The molecule has 0 aliphatic rings. The van der Waals surface area contributed by atoms with Crippen LogP contribution in [0, 0.1) is 0 Å². The Morgan fingerprint density at radius 1 is 0.679 bits per heavy atom. The normalized spacial score (nSPS) is 14.0. The van der Waals surface area contributed by atoms with Gasteiger partial charge < -0.3 is 75.6 Å². The van der Waals surface area contributed by atoms with E-state index in [2.05, 4.69) is 36.2 Å². The van der Waals surface area contributed by atoms with E-state index in [1.807, 2.05) is 5.32 Å². The summed E-state index contributed by atoms with van der Waals surface area (Å²) in [4.78, 5) is 123. The van der Waals surface area contributed by atoms with Crippen molar-refractivity contribution in [3.8, 4) is 0 Å². The zero-order valence-corrected chi connectivity index (χ0v) is 30.4. The van der Waals surface area contributed by atoms with E-state index < -0.39 is 115 Å². The third-order valence-electron chi connectivity index (χ3n) is 7.81. The fourth-order valence-electron chi connectivity index (χ4n) is 4.93. The van der Waals surface area contributed by atoms with Gasteiger partial charge in [-0.2, -0.15) is 0 Å². The second kappa shape index (κ2) is 24.8. The maximum absolute atomic E-state index is 13.8. The molecule has 0 radical (unpaired) electrons. The minimum Gasteiger partial charge on any atom is -0.481 e. The molecule has 1 rings (SSSR count). The summed E-state index contributed by atoms with van der Waals surface area (Å²) in [6, 6.07) is -9.45. The molecule has 25 nitrogen and oxygen atoms in total. The summed E-state index contributed by atoms with van der Waals surface area (Å²) < 4.78 is 0. The number of H-pyrrole nitrogens is 1. The number of carboxylic acid groups (broad SMARTS) is 3. The van der Waals surface area contributed by atoms with Crippen molar-refractivity contribution < 1.29 is 58.5 Å². The summed E-state index contributed by atoms with van der Waals surface area (Å²) in [5, 5.41) is 39.4. The van der Waals surface area contributed by atoms with Crippen molar-refractivity contribution in [2.24, 2.45) is 33.7 Å². The fourth-order valence-corrected chi connectivity index (χ4v) is 4.93. The van der Waals surface area contributed by atoms with E-state index in [0.717, 1.165) is 0 Å². The second-order valence-electron chi connectivity index (χ2n) is 12.5. The number of carbonyl (C=O) groups is 9. The maximum atomic E-state index is 13.8.